The van der Waals surface area contributed by atoms with E-state index < -0.39 is 0 Å². The Morgan fingerprint density at radius 1 is 0.867 bits per heavy atom. The molecule has 5 rings (SSSR count). The summed E-state index contributed by atoms with van der Waals surface area (Å²) in [5.74, 6) is -0.157. The zero-order valence-electron chi connectivity index (χ0n) is 16.0. The number of fused-ring (bicyclic) bond motifs is 1. The van der Waals surface area contributed by atoms with Crippen LogP contribution < -0.4 is 5.32 Å². The van der Waals surface area contributed by atoms with Crippen LogP contribution in [0.25, 0.3) is 31.5 Å². The van der Waals surface area contributed by atoms with Crippen molar-refractivity contribution in [3.05, 3.63) is 83.5 Å². The van der Waals surface area contributed by atoms with Gasteiger partial charge in [0, 0.05) is 23.0 Å². The van der Waals surface area contributed by atoms with E-state index in [0.717, 1.165) is 42.9 Å². The number of hydrogen-bond acceptors (Lipinski definition) is 6. The number of anilines is 1. The molecule has 30 heavy (non-hydrogen) atoms. The summed E-state index contributed by atoms with van der Waals surface area (Å²) in [4.78, 5) is 28.0. The highest BCUT2D eigenvalue weighted by molar-refractivity contribution is 7.21. The molecule has 0 spiro atoms. The Bertz CT molecular complexity index is 1330. The SMILES string of the molecule is Cc1nc(-c2ccccc2)sc1C(=O)Nc1cccc(-c2nc3cccnc3s2)c1. The second-order valence-corrected chi connectivity index (χ2v) is 8.66. The van der Waals surface area contributed by atoms with Crippen molar-refractivity contribution >= 4 is 44.6 Å². The summed E-state index contributed by atoms with van der Waals surface area (Å²) in [5.41, 5.74) is 4.28. The Kier molecular flexibility index (Phi) is 4.82. The van der Waals surface area contributed by atoms with Crippen LogP contribution in [0.2, 0.25) is 0 Å². The number of aromatic nitrogens is 3. The fourth-order valence-electron chi connectivity index (χ4n) is 3.12. The van der Waals surface area contributed by atoms with Gasteiger partial charge in [0.1, 0.15) is 25.2 Å². The molecule has 0 aliphatic heterocycles. The predicted molar refractivity (Wildman–Crippen MR) is 123 cm³/mol. The lowest BCUT2D eigenvalue weighted by Crippen LogP contribution is -2.11. The molecule has 1 amide bonds. The lowest BCUT2D eigenvalue weighted by molar-refractivity contribution is 0.103. The van der Waals surface area contributed by atoms with E-state index in [1.165, 1.54) is 22.7 Å². The molecule has 5 nitrogen and oxygen atoms in total. The standard InChI is InChI=1S/C23H16N4OS2/c1-14-19(29-21(25-14)15-7-3-2-4-8-15)20(28)26-17-10-5-9-16(13-17)22-27-18-11-6-12-24-23(18)30-22/h2-13H,1H3,(H,26,28). The maximum Gasteiger partial charge on any atom is 0.267 e. The van der Waals surface area contributed by atoms with Crippen molar-refractivity contribution in [1.82, 2.24) is 15.0 Å². The van der Waals surface area contributed by atoms with Crippen molar-refractivity contribution in [1.29, 1.82) is 0 Å². The van der Waals surface area contributed by atoms with Crippen molar-refractivity contribution in [2.75, 3.05) is 5.32 Å². The Balaban J connectivity index is 1.40. The van der Waals surface area contributed by atoms with Gasteiger partial charge in [0.25, 0.3) is 5.91 Å². The van der Waals surface area contributed by atoms with Crippen molar-refractivity contribution in [3.8, 4) is 21.1 Å². The van der Waals surface area contributed by atoms with E-state index in [0.29, 0.717) is 4.88 Å². The maximum atomic E-state index is 12.9. The molecule has 0 radical (unpaired) electrons. The van der Waals surface area contributed by atoms with Gasteiger partial charge in [-0.1, -0.05) is 53.8 Å². The minimum Gasteiger partial charge on any atom is -0.321 e. The summed E-state index contributed by atoms with van der Waals surface area (Å²) in [7, 11) is 0. The van der Waals surface area contributed by atoms with E-state index in [2.05, 4.69) is 20.3 Å². The largest absolute Gasteiger partial charge is 0.321 e. The van der Waals surface area contributed by atoms with Crippen molar-refractivity contribution in [2.24, 2.45) is 0 Å². The molecule has 7 heteroatoms. The number of rotatable bonds is 4. The third kappa shape index (κ3) is 3.60. The van der Waals surface area contributed by atoms with Crippen LogP contribution in [-0.4, -0.2) is 20.9 Å². The highest BCUT2D eigenvalue weighted by atomic mass is 32.1. The minimum atomic E-state index is -0.157. The molecule has 3 aromatic heterocycles. The molecule has 5 aromatic rings. The summed E-state index contributed by atoms with van der Waals surface area (Å²) in [6.07, 6.45) is 1.77. The maximum absolute atomic E-state index is 12.9. The third-order valence-corrected chi connectivity index (χ3v) is 6.79. The van der Waals surface area contributed by atoms with Crippen LogP contribution in [0.1, 0.15) is 15.4 Å². The number of hydrogen-bond donors (Lipinski definition) is 1. The summed E-state index contributed by atoms with van der Waals surface area (Å²) >= 11 is 2.94. The van der Waals surface area contributed by atoms with Gasteiger partial charge in [-0.05, 0) is 31.2 Å². The smallest absolute Gasteiger partial charge is 0.267 e. The molecule has 0 atom stereocenters. The highest BCUT2D eigenvalue weighted by Crippen LogP contribution is 2.31. The van der Waals surface area contributed by atoms with E-state index in [-0.39, 0.29) is 5.91 Å². The first-order chi connectivity index (χ1) is 14.7. The van der Waals surface area contributed by atoms with E-state index in [4.69, 9.17) is 0 Å². The molecule has 0 bridgehead atoms. The predicted octanol–water partition coefficient (Wildman–Crippen LogP) is 6.04. The van der Waals surface area contributed by atoms with E-state index >= 15 is 0 Å². The highest BCUT2D eigenvalue weighted by Gasteiger charge is 2.17. The van der Waals surface area contributed by atoms with Gasteiger partial charge in [0.15, 0.2) is 0 Å². The van der Waals surface area contributed by atoms with E-state index in [9.17, 15) is 4.79 Å². The number of carbonyl (C=O) groups is 1. The van der Waals surface area contributed by atoms with E-state index in [1.54, 1.807) is 6.20 Å². The molecule has 0 aliphatic rings. The monoisotopic (exact) mass is 428 g/mol. The number of nitrogens with zero attached hydrogens (tertiary/aromatic N) is 3. The molecule has 0 saturated heterocycles. The normalized spacial score (nSPS) is 11.0. The van der Waals surface area contributed by atoms with Gasteiger partial charge in [-0.25, -0.2) is 15.0 Å². The molecule has 0 fully saturated rings. The minimum absolute atomic E-state index is 0.157. The number of thiazole rings is 2. The van der Waals surface area contributed by atoms with Crippen LogP contribution in [0.3, 0.4) is 0 Å². The van der Waals surface area contributed by atoms with Crippen molar-refractivity contribution < 1.29 is 4.79 Å². The molecular weight excluding hydrogens is 412 g/mol. The van der Waals surface area contributed by atoms with E-state index in [1.807, 2.05) is 73.7 Å². The van der Waals surface area contributed by atoms with Crippen LogP contribution in [0, 0.1) is 6.92 Å². The number of pyridine rings is 1. The van der Waals surface area contributed by atoms with Crippen LogP contribution >= 0.6 is 22.7 Å². The van der Waals surface area contributed by atoms with Gasteiger partial charge >= 0.3 is 0 Å². The number of aryl methyl sites for hydroxylation is 1. The molecule has 2 aromatic carbocycles. The second-order valence-electron chi connectivity index (χ2n) is 6.68. The molecule has 0 aliphatic carbocycles. The van der Waals surface area contributed by atoms with Crippen LogP contribution in [0.15, 0.2) is 72.9 Å². The summed E-state index contributed by atoms with van der Waals surface area (Å²) in [6.45, 7) is 1.86. The van der Waals surface area contributed by atoms with Gasteiger partial charge in [-0.2, -0.15) is 0 Å². The van der Waals surface area contributed by atoms with Crippen LogP contribution in [0.5, 0.6) is 0 Å². The number of carbonyl (C=O) groups excluding carboxylic acids is 1. The number of benzene rings is 2. The first kappa shape index (κ1) is 18.6. The molecule has 0 saturated carbocycles. The Morgan fingerprint density at radius 2 is 1.67 bits per heavy atom. The zero-order valence-corrected chi connectivity index (χ0v) is 17.6. The summed E-state index contributed by atoms with van der Waals surface area (Å²) < 4.78 is 0. The number of amides is 1. The van der Waals surface area contributed by atoms with Crippen molar-refractivity contribution in [2.45, 2.75) is 6.92 Å². The molecule has 3 heterocycles. The Hall–Kier alpha value is -3.42. The topological polar surface area (TPSA) is 67.8 Å². The van der Waals surface area contributed by atoms with Crippen LogP contribution in [-0.2, 0) is 0 Å². The first-order valence-corrected chi connectivity index (χ1v) is 11.0. The average Bonchev–Trinajstić information content (AvgIpc) is 3.38. The summed E-state index contributed by atoms with van der Waals surface area (Å²) in [6, 6.07) is 21.4. The average molecular weight is 429 g/mol. The van der Waals surface area contributed by atoms with Crippen molar-refractivity contribution in [3.63, 3.8) is 0 Å². The molecule has 1 N–H and O–H groups in total. The van der Waals surface area contributed by atoms with Gasteiger partial charge in [0.2, 0.25) is 0 Å². The molecule has 0 unspecified atom stereocenters. The van der Waals surface area contributed by atoms with Gasteiger partial charge in [-0.3, -0.25) is 4.79 Å². The second kappa shape index (κ2) is 7.78. The summed E-state index contributed by atoms with van der Waals surface area (Å²) in [5, 5.41) is 4.72. The van der Waals surface area contributed by atoms with Gasteiger partial charge in [-0.15, -0.1) is 11.3 Å². The lowest BCUT2D eigenvalue weighted by Gasteiger charge is -2.05. The third-order valence-electron chi connectivity index (χ3n) is 4.56. The fraction of sp³-hybridized carbons (Fsp3) is 0.0435. The fourth-order valence-corrected chi connectivity index (χ4v) is 4.99. The van der Waals surface area contributed by atoms with Gasteiger partial charge < -0.3 is 5.32 Å². The number of nitrogens with one attached hydrogen (secondary N) is 1. The van der Waals surface area contributed by atoms with Gasteiger partial charge in [0.05, 0.1) is 5.69 Å². The first-order valence-electron chi connectivity index (χ1n) is 9.33. The molecule has 146 valence electrons. The lowest BCUT2D eigenvalue weighted by atomic mass is 10.2. The Morgan fingerprint density at radius 3 is 2.50 bits per heavy atom. The zero-order chi connectivity index (χ0) is 20.5. The Labute approximate surface area is 181 Å². The quantitative estimate of drug-likeness (QED) is 0.379. The molecular formula is C23H16N4OS2. The van der Waals surface area contributed by atoms with Crippen LogP contribution in [0.4, 0.5) is 5.69 Å².